The number of carbonyl (C=O) groups excluding carboxylic acids is 2. The standard InChI is InChI=1S/C28H27ClN8O2/c1-17-3-2-4-25(22-13-19(7-9-30-22)27-23(16-32-34-27)33-28(17)39)36-11-8-18(14-26(36)38)21-15-20(29)5-6-24(21)37-12-10-31-35-37/h5-7,9-10,12-17,25H,2-4,8,11H2,1H3,(H,32,34)(H,33,39)/t17-,25?/m1/s1. The third-order valence-electron chi connectivity index (χ3n) is 7.42. The van der Waals surface area contributed by atoms with Crippen LogP contribution in [0.5, 0.6) is 0 Å². The van der Waals surface area contributed by atoms with E-state index < -0.39 is 0 Å². The lowest BCUT2D eigenvalue weighted by molar-refractivity contribution is -0.129. The quantitative estimate of drug-likeness (QED) is 0.383. The lowest BCUT2D eigenvalue weighted by atomic mass is 9.93. The van der Waals surface area contributed by atoms with Crippen molar-refractivity contribution in [1.82, 2.24) is 35.1 Å². The maximum atomic E-state index is 13.7. The van der Waals surface area contributed by atoms with Crippen molar-refractivity contribution in [3.05, 3.63) is 77.5 Å². The Hall–Kier alpha value is -4.31. The SMILES string of the molecule is C[C@@H]1CCCC(N2CCC(c3cc(Cl)ccc3-n3ccnn3)=CC2=O)c2cc(ccn2)-c2[nH]ncc2NC1=O. The molecule has 0 aliphatic carbocycles. The Kier molecular flexibility index (Phi) is 6.70. The summed E-state index contributed by atoms with van der Waals surface area (Å²) in [5.74, 6) is -0.311. The van der Waals surface area contributed by atoms with Gasteiger partial charge in [0.05, 0.1) is 47.4 Å². The first-order valence-electron chi connectivity index (χ1n) is 13.0. The number of halogens is 1. The van der Waals surface area contributed by atoms with Gasteiger partial charge in [0.25, 0.3) is 0 Å². The average Bonchev–Trinajstić information content (AvgIpc) is 3.64. The van der Waals surface area contributed by atoms with E-state index in [2.05, 4.69) is 30.8 Å². The van der Waals surface area contributed by atoms with Crippen LogP contribution in [-0.2, 0) is 9.59 Å². The summed E-state index contributed by atoms with van der Waals surface area (Å²) >= 11 is 6.35. The minimum atomic E-state index is -0.231. The van der Waals surface area contributed by atoms with Crippen molar-refractivity contribution in [1.29, 1.82) is 0 Å². The molecule has 11 heteroatoms. The molecule has 3 aromatic heterocycles. The molecule has 2 aliphatic heterocycles. The second-order valence-corrected chi connectivity index (χ2v) is 10.4. The summed E-state index contributed by atoms with van der Waals surface area (Å²) in [7, 11) is 0. The van der Waals surface area contributed by atoms with Crippen LogP contribution in [0.4, 0.5) is 5.69 Å². The first-order chi connectivity index (χ1) is 19.0. The van der Waals surface area contributed by atoms with Gasteiger partial charge < -0.3 is 10.2 Å². The predicted octanol–water partition coefficient (Wildman–Crippen LogP) is 4.82. The van der Waals surface area contributed by atoms with Gasteiger partial charge in [-0.15, -0.1) is 5.10 Å². The molecule has 0 saturated heterocycles. The molecule has 2 N–H and O–H groups in total. The molecule has 10 nitrogen and oxygen atoms in total. The maximum Gasteiger partial charge on any atom is 0.247 e. The monoisotopic (exact) mass is 542 g/mol. The number of pyridine rings is 1. The molecule has 1 unspecified atom stereocenters. The smallest absolute Gasteiger partial charge is 0.247 e. The predicted molar refractivity (Wildman–Crippen MR) is 147 cm³/mol. The van der Waals surface area contributed by atoms with Crippen LogP contribution in [0.15, 0.2) is 61.2 Å². The summed E-state index contributed by atoms with van der Waals surface area (Å²) in [6.45, 7) is 2.45. The van der Waals surface area contributed by atoms with Gasteiger partial charge in [0, 0.05) is 40.9 Å². The molecule has 4 aromatic rings. The third kappa shape index (κ3) is 4.95. The van der Waals surface area contributed by atoms with Gasteiger partial charge in [-0.05, 0) is 55.2 Å². The number of fused-ring (bicyclic) bond motifs is 4. The van der Waals surface area contributed by atoms with Crippen LogP contribution >= 0.6 is 11.6 Å². The topological polar surface area (TPSA) is 122 Å². The highest BCUT2D eigenvalue weighted by molar-refractivity contribution is 6.30. The maximum absolute atomic E-state index is 13.7. The minimum absolute atomic E-state index is 0.0459. The van der Waals surface area contributed by atoms with E-state index in [0.29, 0.717) is 42.2 Å². The molecule has 0 spiro atoms. The Morgan fingerprint density at radius 1 is 1.10 bits per heavy atom. The van der Waals surface area contributed by atoms with E-state index >= 15 is 0 Å². The zero-order valence-electron chi connectivity index (χ0n) is 21.3. The fourth-order valence-corrected chi connectivity index (χ4v) is 5.51. The van der Waals surface area contributed by atoms with Gasteiger partial charge in [-0.1, -0.05) is 30.2 Å². The molecule has 0 fully saturated rings. The van der Waals surface area contributed by atoms with Crippen LogP contribution in [0.2, 0.25) is 5.02 Å². The van der Waals surface area contributed by atoms with Gasteiger partial charge in [-0.2, -0.15) is 5.10 Å². The summed E-state index contributed by atoms with van der Waals surface area (Å²) < 4.78 is 1.67. The highest BCUT2D eigenvalue weighted by Crippen LogP contribution is 2.36. The van der Waals surface area contributed by atoms with Gasteiger partial charge in [0.15, 0.2) is 0 Å². The van der Waals surface area contributed by atoms with Crippen molar-refractivity contribution in [2.24, 2.45) is 5.92 Å². The zero-order chi connectivity index (χ0) is 26.9. The average molecular weight is 543 g/mol. The number of carbonyl (C=O) groups is 2. The van der Waals surface area contributed by atoms with E-state index in [1.807, 2.05) is 36.1 Å². The fourth-order valence-electron chi connectivity index (χ4n) is 5.33. The Bertz CT molecular complexity index is 1560. The first kappa shape index (κ1) is 25.0. The Balaban J connectivity index is 1.35. The first-order valence-corrected chi connectivity index (χ1v) is 13.3. The Morgan fingerprint density at radius 3 is 2.82 bits per heavy atom. The molecule has 0 saturated carbocycles. The normalized spacial score (nSPS) is 19.9. The Morgan fingerprint density at radius 2 is 2.00 bits per heavy atom. The zero-order valence-corrected chi connectivity index (χ0v) is 22.1. The number of anilines is 1. The number of amides is 2. The number of aromatic amines is 1. The number of hydrogen-bond donors (Lipinski definition) is 2. The number of H-pyrrole nitrogens is 1. The van der Waals surface area contributed by atoms with Crippen LogP contribution in [0.1, 0.15) is 49.9 Å². The molecule has 2 aliphatic rings. The molecule has 2 bridgehead atoms. The second-order valence-electron chi connectivity index (χ2n) is 9.93. The molecule has 5 heterocycles. The van der Waals surface area contributed by atoms with Crippen molar-refractivity contribution < 1.29 is 9.59 Å². The van der Waals surface area contributed by atoms with Crippen LogP contribution in [0.3, 0.4) is 0 Å². The summed E-state index contributed by atoms with van der Waals surface area (Å²) in [5.41, 5.74) is 5.57. The second kappa shape index (κ2) is 10.5. The van der Waals surface area contributed by atoms with E-state index in [1.54, 1.807) is 41.6 Å². The van der Waals surface area contributed by atoms with E-state index in [-0.39, 0.29) is 23.8 Å². The number of hydrogen-bond acceptors (Lipinski definition) is 6. The number of aromatic nitrogens is 6. The number of benzene rings is 1. The molecule has 0 radical (unpaired) electrons. The van der Waals surface area contributed by atoms with Crippen LogP contribution in [0.25, 0.3) is 22.5 Å². The molecule has 2 atom stereocenters. The van der Waals surface area contributed by atoms with Gasteiger partial charge >= 0.3 is 0 Å². The summed E-state index contributed by atoms with van der Waals surface area (Å²) in [6.07, 6.45) is 11.2. The van der Waals surface area contributed by atoms with E-state index in [0.717, 1.165) is 34.5 Å². The van der Waals surface area contributed by atoms with Gasteiger partial charge in [-0.25, -0.2) is 4.68 Å². The highest BCUT2D eigenvalue weighted by Gasteiger charge is 2.30. The largest absolute Gasteiger partial charge is 0.330 e. The molecule has 1 aromatic carbocycles. The highest BCUT2D eigenvalue weighted by atomic mass is 35.5. The molecule has 2 amide bonds. The van der Waals surface area contributed by atoms with Crippen LogP contribution in [0, 0.1) is 5.92 Å². The van der Waals surface area contributed by atoms with Gasteiger partial charge in [-0.3, -0.25) is 19.7 Å². The van der Waals surface area contributed by atoms with Crippen LogP contribution < -0.4 is 5.32 Å². The van der Waals surface area contributed by atoms with Crippen LogP contribution in [-0.4, -0.2) is 53.4 Å². The number of rotatable bonds is 3. The van der Waals surface area contributed by atoms with E-state index in [1.165, 1.54) is 0 Å². The minimum Gasteiger partial charge on any atom is -0.330 e. The summed E-state index contributed by atoms with van der Waals surface area (Å²) in [4.78, 5) is 33.1. The van der Waals surface area contributed by atoms with Crippen molar-refractivity contribution in [2.45, 2.75) is 38.6 Å². The molecule has 39 heavy (non-hydrogen) atoms. The lowest BCUT2D eigenvalue weighted by Gasteiger charge is -2.34. The number of nitrogens with one attached hydrogen (secondary N) is 2. The van der Waals surface area contributed by atoms with E-state index in [9.17, 15) is 9.59 Å². The van der Waals surface area contributed by atoms with E-state index in [4.69, 9.17) is 11.6 Å². The molecule has 198 valence electrons. The summed E-state index contributed by atoms with van der Waals surface area (Å²) in [6, 6.07) is 9.17. The van der Waals surface area contributed by atoms with Gasteiger partial charge in [0.2, 0.25) is 11.8 Å². The van der Waals surface area contributed by atoms with Crippen molar-refractivity contribution in [2.75, 3.05) is 11.9 Å². The molecule has 6 rings (SSSR count). The van der Waals surface area contributed by atoms with Crippen molar-refractivity contribution >= 4 is 34.7 Å². The molecular formula is C28H27ClN8O2. The van der Waals surface area contributed by atoms with Crippen molar-refractivity contribution in [3.8, 4) is 16.9 Å². The summed E-state index contributed by atoms with van der Waals surface area (Å²) in [5, 5.41) is 18.8. The van der Waals surface area contributed by atoms with Gasteiger partial charge in [0.1, 0.15) is 0 Å². The molecular weight excluding hydrogens is 516 g/mol. The van der Waals surface area contributed by atoms with Crippen molar-refractivity contribution in [3.63, 3.8) is 0 Å². The number of nitrogens with zero attached hydrogens (tertiary/aromatic N) is 6. The third-order valence-corrected chi connectivity index (χ3v) is 7.66. The lowest BCUT2D eigenvalue weighted by Crippen LogP contribution is -2.38. The fraction of sp³-hybridized carbons (Fsp3) is 0.286. The Labute approximate surface area is 230 Å².